The van der Waals surface area contributed by atoms with E-state index in [-0.39, 0.29) is 0 Å². The molecule has 2 saturated heterocycles. The van der Waals surface area contributed by atoms with E-state index in [1.54, 1.807) is 0 Å². The van der Waals surface area contributed by atoms with Crippen molar-refractivity contribution >= 4 is 20.2 Å². The third-order valence-corrected chi connectivity index (χ3v) is 5.27. The zero-order valence-electron chi connectivity index (χ0n) is 13.3. The molecule has 0 spiro atoms. The molecule has 8 nitrogen and oxygen atoms in total. The zero-order chi connectivity index (χ0) is 18.1. The first-order valence-electron chi connectivity index (χ1n) is 7.68. The Morgan fingerprint density at radius 2 is 0.958 bits per heavy atom. The monoisotopic (exact) mass is 380 g/mol. The largest absolute Gasteiger partial charge is 0.317 e. The van der Waals surface area contributed by atoms with Crippen molar-refractivity contribution in [1.82, 2.24) is 10.6 Å². The lowest BCUT2D eigenvalue weighted by molar-refractivity contribution is 0.466. The van der Waals surface area contributed by atoms with E-state index in [2.05, 4.69) is 10.6 Å². The van der Waals surface area contributed by atoms with Gasteiger partial charge in [-0.1, -0.05) is 12.1 Å². The van der Waals surface area contributed by atoms with E-state index in [0.717, 1.165) is 12.1 Å². The van der Waals surface area contributed by atoms with Crippen molar-refractivity contribution in [2.45, 2.75) is 35.5 Å². The topological polar surface area (TPSA) is 133 Å². The molecular weight excluding hydrogens is 356 g/mol. The second kappa shape index (κ2) is 10.1. The van der Waals surface area contributed by atoms with Gasteiger partial charge in [0.1, 0.15) is 9.79 Å². The average molecular weight is 380 g/mol. The van der Waals surface area contributed by atoms with Crippen molar-refractivity contribution < 1.29 is 25.9 Å². The van der Waals surface area contributed by atoms with E-state index < -0.39 is 30.0 Å². The predicted octanol–water partition coefficient (Wildman–Crippen LogP) is 0.920. The van der Waals surface area contributed by atoms with Crippen LogP contribution in [0.2, 0.25) is 0 Å². The summed E-state index contributed by atoms with van der Waals surface area (Å²) >= 11 is 0. The van der Waals surface area contributed by atoms with E-state index in [1.807, 2.05) is 0 Å². The van der Waals surface area contributed by atoms with Gasteiger partial charge in [0, 0.05) is 0 Å². The quantitative estimate of drug-likeness (QED) is 0.557. The molecule has 0 saturated carbocycles. The number of rotatable bonds is 2. The van der Waals surface area contributed by atoms with Crippen LogP contribution in [0.25, 0.3) is 0 Å². The fourth-order valence-electron chi connectivity index (χ4n) is 2.13. The highest BCUT2D eigenvalue weighted by molar-refractivity contribution is 7.89. The standard InChI is InChI=1S/C6H6O6S2.2C4H9N/c7-13(8,9)5-3-1-2-4-6(5)14(10,11)12;2*1-2-4-5-3-1/h1-4H,(H,7,8,9)(H,10,11,12);2*5H,1-4H2. The van der Waals surface area contributed by atoms with Crippen molar-refractivity contribution in [3.8, 4) is 0 Å². The molecule has 10 heteroatoms. The molecule has 2 fully saturated rings. The van der Waals surface area contributed by atoms with E-state index in [0.29, 0.717) is 0 Å². The summed E-state index contributed by atoms with van der Waals surface area (Å²) in [6, 6.07) is 4.19. The maximum atomic E-state index is 10.7. The van der Waals surface area contributed by atoms with Crippen LogP contribution in [0.1, 0.15) is 25.7 Å². The summed E-state index contributed by atoms with van der Waals surface area (Å²) in [6.45, 7) is 5.00. The summed E-state index contributed by atoms with van der Waals surface area (Å²) in [5.41, 5.74) is 0. The third-order valence-electron chi connectivity index (χ3n) is 3.32. The molecule has 1 aromatic carbocycles. The minimum absolute atomic E-state index is 0.845. The van der Waals surface area contributed by atoms with Gasteiger partial charge in [0.25, 0.3) is 20.2 Å². The van der Waals surface area contributed by atoms with Gasteiger partial charge in [-0.15, -0.1) is 0 Å². The molecule has 2 aliphatic rings. The highest BCUT2D eigenvalue weighted by atomic mass is 32.2. The summed E-state index contributed by atoms with van der Waals surface area (Å²) in [5.74, 6) is 0. The Kier molecular flexibility index (Phi) is 8.81. The Labute approximate surface area is 143 Å². The Hall–Kier alpha value is -1.04. The van der Waals surface area contributed by atoms with Gasteiger partial charge in [-0.2, -0.15) is 16.8 Å². The van der Waals surface area contributed by atoms with E-state index >= 15 is 0 Å². The molecule has 0 radical (unpaired) electrons. The molecule has 24 heavy (non-hydrogen) atoms. The molecule has 3 rings (SSSR count). The first kappa shape index (κ1) is 21.0. The maximum absolute atomic E-state index is 10.7. The van der Waals surface area contributed by atoms with Crippen LogP contribution in [0.3, 0.4) is 0 Å². The second-order valence-corrected chi connectivity index (χ2v) is 8.09. The molecule has 0 unspecified atom stereocenters. The number of nitrogens with one attached hydrogen (secondary N) is 2. The lowest BCUT2D eigenvalue weighted by atomic mass is 10.4. The molecule has 0 bridgehead atoms. The van der Waals surface area contributed by atoms with Gasteiger partial charge in [-0.05, 0) is 64.0 Å². The lowest BCUT2D eigenvalue weighted by Crippen LogP contribution is -2.07. The summed E-state index contributed by atoms with van der Waals surface area (Å²) in [7, 11) is -9.31. The molecule has 0 aliphatic carbocycles. The molecule has 138 valence electrons. The Morgan fingerprint density at radius 3 is 1.12 bits per heavy atom. The van der Waals surface area contributed by atoms with Gasteiger partial charge in [-0.25, -0.2) is 0 Å². The van der Waals surface area contributed by atoms with Crippen molar-refractivity contribution in [2.75, 3.05) is 26.2 Å². The second-order valence-electron chi connectivity index (χ2n) is 5.31. The van der Waals surface area contributed by atoms with Gasteiger partial charge in [-0.3, -0.25) is 9.11 Å². The highest BCUT2D eigenvalue weighted by Gasteiger charge is 2.22. The SMILES string of the molecule is C1CCNC1.C1CCNC1.O=S(=O)(O)c1ccccc1S(=O)(=O)O. The van der Waals surface area contributed by atoms with E-state index in [1.165, 1.54) is 64.0 Å². The maximum Gasteiger partial charge on any atom is 0.295 e. The molecule has 0 aromatic heterocycles. The fraction of sp³-hybridized carbons (Fsp3) is 0.571. The highest BCUT2D eigenvalue weighted by Crippen LogP contribution is 2.19. The fourth-order valence-corrected chi connectivity index (χ4v) is 3.90. The van der Waals surface area contributed by atoms with Crippen molar-refractivity contribution in [3.63, 3.8) is 0 Å². The van der Waals surface area contributed by atoms with Gasteiger partial charge in [0.05, 0.1) is 0 Å². The zero-order valence-corrected chi connectivity index (χ0v) is 14.9. The smallest absolute Gasteiger partial charge is 0.295 e. The van der Waals surface area contributed by atoms with Crippen molar-refractivity contribution in [2.24, 2.45) is 0 Å². The number of hydrogen-bond acceptors (Lipinski definition) is 6. The summed E-state index contributed by atoms with van der Waals surface area (Å²) < 4.78 is 60.0. The normalized spacial score (nSPS) is 17.4. The van der Waals surface area contributed by atoms with E-state index in [4.69, 9.17) is 9.11 Å². The van der Waals surface area contributed by atoms with Crippen LogP contribution in [0.15, 0.2) is 34.1 Å². The molecule has 4 N–H and O–H groups in total. The molecule has 1 aromatic rings. The molecule has 2 aliphatic heterocycles. The molecule has 0 atom stereocenters. The third kappa shape index (κ3) is 8.18. The van der Waals surface area contributed by atoms with Gasteiger partial charge in [0.15, 0.2) is 0 Å². The summed E-state index contributed by atoms with van der Waals surface area (Å²) in [6.07, 6.45) is 5.56. The van der Waals surface area contributed by atoms with Crippen molar-refractivity contribution in [1.29, 1.82) is 0 Å². The van der Waals surface area contributed by atoms with Crippen molar-refractivity contribution in [3.05, 3.63) is 24.3 Å². The minimum atomic E-state index is -4.66. The summed E-state index contributed by atoms with van der Waals surface area (Å²) in [4.78, 5) is -1.69. The van der Waals surface area contributed by atoms with Crippen LogP contribution in [-0.2, 0) is 20.2 Å². The Balaban J connectivity index is 0.000000231. The first-order valence-corrected chi connectivity index (χ1v) is 10.6. The van der Waals surface area contributed by atoms with Gasteiger partial charge >= 0.3 is 0 Å². The first-order chi connectivity index (χ1) is 11.2. The van der Waals surface area contributed by atoms with Crippen LogP contribution in [0.4, 0.5) is 0 Å². The average Bonchev–Trinajstić information content (AvgIpc) is 3.24. The number of hydrogen-bond donors (Lipinski definition) is 4. The number of benzene rings is 1. The molecule has 2 heterocycles. The van der Waals surface area contributed by atoms with Gasteiger partial charge in [0.2, 0.25) is 0 Å². The van der Waals surface area contributed by atoms with Crippen LogP contribution in [-0.4, -0.2) is 52.1 Å². The molecular formula is C14H24N2O6S2. The van der Waals surface area contributed by atoms with Crippen LogP contribution in [0.5, 0.6) is 0 Å². The lowest BCUT2D eigenvalue weighted by Gasteiger charge is -2.02. The van der Waals surface area contributed by atoms with E-state index in [9.17, 15) is 16.8 Å². The Bertz CT molecular complexity index is 620. The predicted molar refractivity (Wildman–Crippen MR) is 90.3 cm³/mol. The Morgan fingerprint density at radius 1 is 0.667 bits per heavy atom. The van der Waals surface area contributed by atoms with Crippen LogP contribution < -0.4 is 10.6 Å². The molecule has 0 amide bonds. The van der Waals surface area contributed by atoms with Gasteiger partial charge < -0.3 is 10.6 Å². The van der Waals surface area contributed by atoms with Crippen LogP contribution >= 0.6 is 0 Å². The van der Waals surface area contributed by atoms with Crippen LogP contribution in [0, 0.1) is 0 Å². The minimum Gasteiger partial charge on any atom is -0.317 e. The summed E-state index contributed by atoms with van der Waals surface area (Å²) in [5, 5.41) is 6.44.